The summed E-state index contributed by atoms with van der Waals surface area (Å²) >= 11 is 0. The zero-order valence-corrected chi connectivity index (χ0v) is 16.2. The van der Waals surface area contributed by atoms with Crippen LogP contribution >= 0.6 is 0 Å². The van der Waals surface area contributed by atoms with Gasteiger partial charge in [-0.25, -0.2) is 12.7 Å². The zero-order chi connectivity index (χ0) is 19.0. The number of carbonyl (C=O) groups excluding carboxylic acids is 1. The Hall–Kier alpha value is -1.84. The predicted octanol–water partition coefficient (Wildman–Crippen LogP) is 0.856. The molecule has 0 spiro atoms. The molecule has 8 nitrogen and oxygen atoms in total. The van der Waals surface area contributed by atoms with Crippen molar-refractivity contribution in [2.45, 2.75) is 6.42 Å². The summed E-state index contributed by atoms with van der Waals surface area (Å²) in [5.41, 5.74) is 0.507. The summed E-state index contributed by atoms with van der Waals surface area (Å²) in [7, 11) is 3.40. The summed E-state index contributed by atoms with van der Waals surface area (Å²) in [6.07, 6.45) is 1.20. The van der Waals surface area contributed by atoms with Crippen LogP contribution in [0.3, 0.4) is 0 Å². The van der Waals surface area contributed by atoms with E-state index in [0.29, 0.717) is 30.3 Å². The Balaban J connectivity index is 2.69. The van der Waals surface area contributed by atoms with Gasteiger partial charge < -0.3 is 19.7 Å². The number of methoxy groups -OCH3 is 2. The Morgan fingerprint density at radius 3 is 2.32 bits per heavy atom. The topological polar surface area (TPSA) is 88.2 Å². The quantitative estimate of drug-likeness (QED) is 0.654. The molecule has 0 aliphatic rings. The maximum atomic E-state index is 12.2. The molecule has 0 unspecified atom stereocenters. The molecule has 0 radical (unpaired) electrons. The van der Waals surface area contributed by atoms with Crippen LogP contribution in [0.5, 0.6) is 11.5 Å². The first-order valence-electron chi connectivity index (χ1n) is 7.79. The molecular weight excluding hydrogens is 346 g/mol. The van der Waals surface area contributed by atoms with E-state index in [0.717, 1.165) is 6.26 Å². The van der Waals surface area contributed by atoms with Crippen molar-refractivity contribution in [3.63, 3.8) is 0 Å². The van der Waals surface area contributed by atoms with Crippen molar-refractivity contribution in [3.8, 4) is 11.5 Å². The highest BCUT2D eigenvalue weighted by Gasteiger charge is 2.18. The summed E-state index contributed by atoms with van der Waals surface area (Å²) in [6, 6.07) is 5.05. The van der Waals surface area contributed by atoms with Gasteiger partial charge in [0, 0.05) is 32.1 Å². The summed E-state index contributed by atoms with van der Waals surface area (Å²) in [5.74, 6) is 0.795. The second-order valence-electron chi connectivity index (χ2n) is 5.83. The first kappa shape index (κ1) is 21.2. The van der Waals surface area contributed by atoms with Crippen LogP contribution in [0.15, 0.2) is 18.2 Å². The second kappa shape index (κ2) is 9.59. The third-order valence-corrected chi connectivity index (χ3v) is 4.84. The molecule has 1 aromatic carbocycles. The minimum absolute atomic E-state index is 0.0513. The summed E-state index contributed by atoms with van der Waals surface area (Å²) < 4.78 is 35.3. The Kier molecular flexibility index (Phi) is 8.14. The number of benzene rings is 1. The number of rotatable bonds is 10. The lowest BCUT2D eigenvalue weighted by Gasteiger charge is -2.21. The molecule has 0 heterocycles. The van der Waals surface area contributed by atoms with E-state index in [2.05, 4.69) is 5.32 Å². The van der Waals surface area contributed by atoms with E-state index in [1.807, 2.05) is 19.0 Å². The molecule has 0 aromatic heterocycles. The number of sulfonamides is 1. The van der Waals surface area contributed by atoms with Gasteiger partial charge in [0.1, 0.15) is 11.5 Å². The van der Waals surface area contributed by atoms with Gasteiger partial charge in [-0.05, 0) is 26.2 Å². The molecule has 0 aliphatic heterocycles. The first-order chi connectivity index (χ1) is 11.7. The number of ether oxygens (including phenoxy) is 2. The van der Waals surface area contributed by atoms with Crippen molar-refractivity contribution in [3.05, 3.63) is 18.2 Å². The highest BCUT2D eigenvalue weighted by molar-refractivity contribution is 7.88. The van der Waals surface area contributed by atoms with Crippen molar-refractivity contribution in [1.82, 2.24) is 9.21 Å². The average molecular weight is 373 g/mol. The Morgan fingerprint density at radius 1 is 1.12 bits per heavy atom. The molecule has 1 N–H and O–H groups in total. The number of amides is 1. The smallest absolute Gasteiger partial charge is 0.225 e. The first-order valence-corrected chi connectivity index (χ1v) is 9.64. The van der Waals surface area contributed by atoms with Gasteiger partial charge in [0.25, 0.3) is 0 Å². The maximum Gasteiger partial charge on any atom is 0.225 e. The molecule has 142 valence electrons. The Bertz CT molecular complexity index is 676. The predicted molar refractivity (Wildman–Crippen MR) is 97.8 cm³/mol. The van der Waals surface area contributed by atoms with Gasteiger partial charge in [-0.1, -0.05) is 0 Å². The molecule has 0 saturated heterocycles. The molecule has 0 saturated carbocycles. The highest BCUT2D eigenvalue weighted by atomic mass is 32.2. The third kappa shape index (κ3) is 7.29. The number of anilines is 1. The fraction of sp³-hybridized carbons (Fsp3) is 0.562. The van der Waals surface area contributed by atoms with Crippen molar-refractivity contribution in [2.24, 2.45) is 0 Å². The van der Waals surface area contributed by atoms with Gasteiger partial charge in [0.15, 0.2) is 0 Å². The molecular formula is C16H27N3O5S. The molecule has 0 aliphatic carbocycles. The lowest BCUT2D eigenvalue weighted by Crippen LogP contribution is -2.37. The second-order valence-corrected chi connectivity index (χ2v) is 7.81. The molecule has 1 amide bonds. The van der Waals surface area contributed by atoms with E-state index >= 15 is 0 Å². The van der Waals surface area contributed by atoms with E-state index in [9.17, 15) is 13.2 Å². The normalized spacial score (nSPS) is 11.6. The number of hydrogen-bond acceptors (Lipinski definition) is 6. The van der Waals surface area contributed by atoms with Crippen LogP contribution in [0.1, 0.15) is 6.42 Å². The standard InChI is InChI=1S/C16H27N3O5S/c1-18(2)10-11-19(25(5,21)22)9-8-16(20)17-14-7-6-13(23-3)12-15(14)24-4/h6-7,12H,8-11H2,1-5H3,(H,17,20). The zero-order valence-electron chi connectivity index (χ0n) is 15.4. The van der Waals surface area contributed by atoms with Gasteiger partial charge >= 0.3 is 0 Å². The number of nitrogens with one attached hydrogen (secondary N) is 1. The molecule has 0 atom stereocenters. The van der Waals surface area contributed by atoms with Crippen LogP contribution in [-0.4, -0.2) is 77.7 Å². The maximum absolute atomic E-state index is 12.2. The lowest BCUT2D eigenvalue weighted by atomic mass is 10.2. The molecule has 25 heavy (non-hydrogen) atoms. The third-order valence-electron chi connectivity index (χ3n) is 3.54. The van der Waals surface area contributed by atoms with E-state index < -0.39 is 10.0 Å². The van der Waals surface area contributed by atoms with Gasteiger partial charge in [0.2, 0.25) is 15.9 Å². The molecule has 0 bridgehead atoms. The minimum Gasteiger partial charge on any atom is -0.497 e. The van der Waals surface area contributed by atoms with Crippen molar-refractivity contribution >= 4 is 21.6 Å². The number of nitrogens with zero attached hydrogens (tertiary/aromatic N) is 2. The van der Waals surface area contributed by atoms with E-state index in [-0.39, 0.29) is 18.9 Å². The summed E-state index contributed by atoms with van der Waals surface area (Å²) in [5, 5.41) is 2.73. The van der Waals surface area contributed by atoms with Crippen LogP contribution in [0.4, 0.5) is 5.69 Å². The van der Waals surface area contributed by atoms with E-state index in [1.165, 1.54) is 11.4 Å². The largest absolute Gasteiger partial charge is 0.497 e. The molecule has 1 aromatic rings. The Morgan fingerprint density at radius 2 is 1.80 bits per heavy atom. The van der Waals surface area contributed by atoms with Crippen LogP contribution in [0, 0.1) is 0 Å². The van der Waals surface area contributed by atoms with E-state index in [4.69, 9.17) is 9.47 Å². The van der Waals surface area contributed by atoms with Gasteiger partial charge in [0.05, 0.1) is 26.2 Å². The number of carbonyl (C=O) groups is 1. The van der Waals surface area contributed by atoms with Crippen molar-refractivity contribution < 1.29 is 22.7 Å². The van der Waals surface area contributed by atoms with Gasteiger partial charge in [-0.2, -0.15) is 0 Å². The van der Waals surface area contributed by atoms with Gasteiger partial charge in [-0.15, -0.1) is 0 Å². The average Bonchev–Trinajstić information content (AvgIpc) is 2.53. The van der Waals surface area contributed by atoms with Crippen LogP contribution in [-0.2, 0) is 14.8 Å². The lowest BCUT2D eigenvalue weighted by molar-refractivity contribution is -0.116. The van der Waals surface area contributed by atoms with Crippen molar-refractivity contribution in [1.29, 1.82) is 0 Å². The fourth-order valence-corrected chi connectivity index (χ4v) is 2.93. The molecule has 0 fully saturated rings. The van der Waals surface area contributed by atoms with E-state index in [1.54, 1.807) is 25.3 Å². The van der Waals surface area contributed by atoms with Gasteiger partial charge in [-0.3, -0.25) is 4.79 Å². The summed E-state index contributed by atoms with van der Waals surface area (Å²) in [6.45, 7) is 1.04. The number of hydrogen-bond donors (Lipinski definition) is 1. The van der Waals surface area contributed by atoms with Crippen molar-refractivity contribution in [2.75, 3.05) is 59.5 Å². The van der Waals surface area contributed by atoms with Crippen LogP contribution in [0.2, 0.25) is 0 Å². The monoisotopic (exact) mass is 373 g/mol. The highest BCUT2D eigenvalue weighted by Crippen LogP contribution is 2.29. The van der Waals surface area contributed by atoms with Crippen LogP contribution in [0.25, 0.3) is 0 Å². The Labute approximate surface area is 149 Å². The minimum atomic E-state index is -3.37. The van der Waals surface area contributed by atoms with Crippen LogP contribution < -0.4 is 14.8 Å². The fourth-order valence-electron chi connectivity index (χ4n) is 2.10. The summed E-state index contributed by atoms with van der Waals surface area (Å²) in [4.78, 5) is 14.1. The number of likely N-dealkylation sites (N-methyl/N-ethyl adjacent to an activating group) is 1. The SMILES string of the molecule is COc1ccc(NC(=O)CCN(CCN(C)C)S(C)(=O)=O)c(OC)c1. The molecule has 9 heteroatoms. The molecule has 1 rings (SSSR count).